The number of carbonyl (C=O) groups excluding carboxylic acids is 1. The summed E-state index contributed by atoms with van der Waals surface area (Å²) < 4.78 is 30.0. The van der Waals surface area contributed by atoms with Gasteiger partial charge in [-0.3, -0.25) is 9.48 Å². The first-order valence-corrected chi connectivity index (χ1v) is 5.81. The van der Waals surface area contributed by atoms with Crippen molar-refractivity contribution in [2.75, 3.05) is 0 Å². The van der Waals surface area contributed by atoms with Gasteiger partial charge in [-0.25, -0.2) is 0 Å². The third-order valence-electron chi connectivity index (χ3n) is 2.48. The highest BCUT2D eigenvalue weighted by molar-refractivity contribution is 6.06. The van der Waals surface area contributed by atoms with Crippen LogP contribution in [0.1, 0.15) is 16.1 Å². The summed E-state index contributed by atoms with van der Waals surface area (Å²) in [6.45, 7) is -2.91. The van der Waals surface area contributed by atoms with Crippen LogP contribution in [-0.2, 0) is 7.05 Å². The number of allylic oxidation sites excluding steroid dienone is 1. The average molecular weight is 278 g/mol. The monoisotopic (exact) mass is 278 g/mol. The number of alkyl halides is 2. The lowest BCUT2D eigenvalue weighted by Crippen LogP contribution is -2.03. The van der Waals surface area contributed by atoms with E-state index in [4.69, 9.17) is 0 Å². The SMILES string of the molecule is Cn1ccc(/C=C/C(=O)c2cccc(OC(F)F)c2)n1. The fraction of sp³-hybridized carbons (Fsp3) is 0.143. The second-order valence-electron chi connectivity index (χ2n) is 4.02. The van der Waals surface area contributed by atoms with Crippen molar-refractivity contribution in [3.05, 3.63) is 53.9 Å². The summed E-state index contributed by atoms with van der Waals surface area (Å²) in [5, 5.41) is 4.09. The molecule has 0 aliphatic carbocycles. The minimum atomic E-state index is -2.91. The van der Waals surface area contributed by atoms with E-state index in [1.54, 1.807) is 30.1 Å². The van der Waals surface area contributed by atoms with Gasteiger partial charge in [0.25, 0.3) is 0 Å². The molecule has 2 aromatic rings. The normalized spacial score (nSPS) is 11.2. The van der Waals surface area contributed by atoms with Crippen molar-refractivity contribution in [3.8, 4) is 5.75 Å². The molecule has 0 saturated heterocycles. The number of aryl methyl sites for hydroxylation is 1. The Balaban J connectivity index is 2.10. The van der Waals surface area contributed by atoms with Crippen molar-refractivity contribution in [2.24, 2.45) is 7.05 Å². The molecule has 0 unspecified atom stereocenters. The second-order valence-corrected chi connectivity index (χ2v) is 4.02. The molecular formula is C14H12F2N2O2. The highest BCUT2D eigenvalue weighted by Crippen LogP contribution is 2.16. The van der Waals surface area contributed by atoms with Crippen LogP contribution in [0, 0.1) is 0 Å². The molecule has 0 N–H and O–H groups in total. The van der Waals surface area contributed by atoms with E-state index in [1.165, 1.54) is 30.3 Å². The van der Waals surface area contributed by atoms with Gasteiger partial charge in [-0.2, -0.15) is 13.9 Å². The lowest BCUT2D eigenvalue weighted by molar-refractivity contribution is -0.0498. The number of hydrogen-bond acceptors (Lipinski definition) is 3. The number of halogens is 2. The number of rotatable bonds is 5. The molecule has 104 valence electrons. The summed E-state index contributed by atoms with van der Waals surface area (Å²) in [6, 6.07) is 7.41. The van der Waals surface area contributed by atoms with Gasteiger partial charge in [-0.1, -0.05) is 12.1 Å². The lowest BCUT2D eigenvalue weighted by atomic mass is 10.1. The minimum absolute atomic E-state index is 0.0444. The van der Waals surface area contributed by atoms with Crippen LogP contribution < -0.4 is 4.74 Å². The van der Waals surface area contributed by atoms with E-state index < -0.39 is 6.61 Å². The van der Waals surface area contributed by atoms with Gasteiger partial charge >= 0.3 is 6.61 Å². The van der Waals surface area contributed by atoms with Crippen molar-refractivity contribution in [2.45, 2.75) is 6.61 Å². The van der Waals surface area contributed by atoms with Crippen molar-refractivity contribution < 1.29 is 18.3 Å². The number of carbonyl (C=O) groups is 1. The summed E-state index contributed by atoms with van der Waals surface area (Å²) in [4.78, 5) is 11.9. The van der Waals surface area contributed by atoms with E-state index >= 15 is 0 Å². The van der Waals surface area contributed by atoms with Crippen molar-refractivity contribution in [1.82, 2.24) is 9.78 Å². The maximum Gasteiger partial charge on any atom is 0.387 e. The molecule has 0 atom stereocenters. The average Bonchev–Trinajstić information content (AvgIpc) is 2.81. The molecule has 1 heterocycles. The molecule has 1 aromatic carbocycles. The Kier molecular flexibility index (Phi) is 4.24. The maximum atomic E-state index is 12.1. The van der Waals surface area contributed by atoms with Gasteiger partial charge in [0.1, 0.15) is 5.75 Å². The maximum absolute atomic E-state index is 12.1. The second kappa shape index (κ2) is 6.10. The van der Waals surface area contributed by atoms with E-state index in [2.05, 4.69) is 9.84 Å². The predicted molar refractivity (Wildman–Crippen MR) is 69.6 cm³/mol. The molecular weight excluding hydrogens is 266 g/mol. The molecule has 4 nitrogen and oxygen atoms in total. The molecule has 0 spiro atoms. The number of ether oxygens (including phenoxy) is 1. The zero-order valence-electron chi connectivity index (χ0n) is 10.7. The molecule has 20 heavy (non-hydrogen) atoms. The molecule has 6 heteroatoms. The van der Waals surface area contributed by atoms with Gasteiger partial charge in [0, 0.05) is 18.8 Å². The molecule has 0 fully saturated rings. The van der Waals surface area contributed by atoms with Crippen LogP contribution in [0.5, 0.6) is 5.75 Å². The van der Waals surface area contributed by atoms with E-state index in [0.717, 1.165) is 0 Å². The van der Waals surface area contributed by atoms with E-state index in [-0.39, 0.29) is 17.1 Å². The molecule has 0 aliphatic heterocycles. The Morgan fingerprint density at radius 1 is 1.40 bits per heavy atom. The Bertz CT molecular complexity index is 636. The first-order chi connectivity index (χ1) is 9.54. The molecule has 2 rings (SSSR count). The fourth-order valence-corrected chi connectivity index (χ4v) is 1.60. The molecule has 0 bridgehead atoms. The van der Waals surface area contributed by atoms with Crippen molar-refractivity contribution in [3.63, 3.8) is 0 Å². The topological polar surface area (TPSA) is 44.1 Å². The summed E-state index contributed by atoms with van der Waals surface area (Å²) in [5.74, 6) is -0.354. The fourth-order valence-electron chi connectivity index (χ4n) is 1.60. The smallest absolute Gasteiger partial charge is 0.387 e. The Labute approximate surface area is 114 Å². The number of ketones is 1. The third kappa shape index (κ3) is 3.74. The van der Waals surface area contributed by atoms with Crippen LogP contribution >= 0.6 is 0 Å². The zero-order chi connectivity index (χ0) is 14.5. The van der Waals surface area contributed by atoms with E-state index in [9.17, 15) is 13.6 Å². The summed E-state index contributed by atoms with van der Waals surface area (Å²) in [6.07, 6.45) is 4.65. The first kappa shape index (κ1) is 13.9. The van der Waals surface area contributed by atoms with Crippen LogP contribution in [0.25, 0.3) is 6.08 Å². The number of hydrogen-bond donors (Lipinski definition) is 0. The summed E-state index contributed by atoms with van der Waals surface area (Å²) >= 11 is 0. The van der Waals surface area contributed by atoms with Gasteiger partial charge in [0.2, 0.25) is 0 Å². The predicted octanol–water partition coefficient (Wildman–Crippen LogP) is 2.92. The Morgan fingerprint density at radius 2 is 2.20 bits per heavy atom. The van der Waals surface area contributed by atoms with Crippen LogP contribution in [0.4, 0.5) is 8.78 Å². The molecule has 0 amide bonds. The van der Waals surface area contributed by atoms with Gasteiger partial charge < -0.3 is 4.74 Å². The molecule has 1 aromatic heterocycles. The van der Waals surface area contributed by atoms with E-state index in [1.807, 2.05) is 0 Å². The van der Waals surface area contributed by atoms with Crippen LogP contribution in [0.15, 0.2) is 42.6 Å². The number of benzene rings is 1. The first-order valence-electron chi connectivity index (χ1n) is 5.81. The van der Waals surface area contributed by atoms with Crippen molar-refractivity contribution in [1.29, 1.82) is 0 Å². The quantitative estimate of drug-likeness (QED) is 0.624. The number of nitrogens with zero attached hydrogens (tertiary/aromatic N) is 2. The highest BCUT2D eigenvalue weighted by atomic mass is 19.3. The standard InChI is InChI=1S/C14H12F2N2O2/c1-18-8-7-11(17-18)5-6-13(19)10-3-2-4-12(9-10)20-14(15)16/h2-9,14H,1H3/b6-5+. The lowest BCUT2D eigenvalue weighted by Gasteiger charge is -2.04. The van der Waals surface area contributed by atoms with Crippen LogP contribution in [0.2, 0.25) is 0 Å². The number of aromatic nitrogens is 2. The van der Waals surface area contributed by atoms with Gasteiger partial charge in [0.05, 0.1) is 5.69 Å². The molecule has 0 radical (unpaired) electrons. The summed E-state index contributed by atoms with van der Waals surface area (Å²) in [7, 11) is 1.77. The van der Waals surface area contributed by atoms with Crippen molar-refractivity contribution >= 4 is 11.9 Å². The largest absolute Gasteiger partial charge is 0.435 e. The zero-order valence-corrected chi connectivity index (χ0v) is 10.7. The van der Waals surface area contributed by atoms with Crippen LogP contribution in [0.3, 0.4) is 0 Å². The Hall–Kier alpha value is -2.50. The van der Waals surface area contributed by atoms with Gasteiger partial charge in [-0.05, 0) is 30.4 Å². The summed E-state index contributed by atoms with van der Waals surface area (Å²) in [5.41, 5.74) is 0.913. The molecule has 0 saturated carbocycles. The molecule has 0 aliphatic rings. The van der Waals surface area contributed by atoms with Gasteiger partial charge in [-0.15, -0.1) is 0 Å². The van der Waals surface area contributed by atoms with Gasteiger partial charge in [0.15, 0.2) is 5.78 Å². The Morgan fingerprint density at radius 3 is 2.85 bits per heavy atom. The minimum Gasteiger partial charge on any atom is -0.435 e. The van der Waals surface area contributed by atoms with E-state index in [0.29, 0.717) is 5.69 Å². The highest BCUT2D eigenvalue weighted by Gasteiger charge is 2.07. The van der Waals surface area contributed by atoms with Crippen LogP contribution in [-0.4, -0.2) is 22.2 Å². The third-order valence-corrected chi connectivity index (χ3v) is 2.48.